The van der Waals surface area contributed by atoms with Gasteiger partial charge in [-0.15, -0.1) is 0 Å². The summed E-state index contributed by atoms with van der Waals surface area (Å²) >= 11 is 12.2. The normalized spacial score (nSPS) is 15.4. The maximum atomic E-state index is 6.15. The number of para-hydroxylation sites is 1. The number of halogens is 2. The summed E-state index contributed by atoms with van der Waals surface area (Å²) in [6, 6.07) is 13.2. The fraction of sp³-hybridized carbons (Fsp3) is 0.273. The Morgan fingerprint density at radius 1 is 0.929 bits per heavy atom. The molecule has 0 spiro atoms. The lowest BCUT2D eigenvalue weighted by molar-refractivity contribution is 0.431. The molecule has 1 aliphatic carbocycles. The summed E-state index contributed by atoms with van der Waals surface area (Å²) in [7, 11) is 0. The van der Waals surface area contributed by atoms with Crippen molar-refractivity contribution in [3.05, 3.63) is 58.3 Å². The lowest BCUT2D eigenvalue weighted by Gasteiger charge is -2.19. The highest BCUT2D eigenvalue weighted by Crippen LogP contribution is 2.37. The molecule has 0 aliphatic heterocycles. The smallest absolute Gasteiger partial charge is 0.246 e. The minimum absolute atomic E-state index is 0.448. The molecular weight excluding hydrogens is 393 g/mol. The van der Waals surface area contributed by atoms with Crippen molar-refractivity contribution in [1.29, 1.82) is 0 Å². The third kappa shape index (κ3) is 3.21. The summed E-state index contributed by atoms with van der Waals surface area (Å²) in [4.78, 5) is 13.2. The lowest BCUT2D eigenvalue weighted by Crippen LogP contribution is -2.05. The van der Waals surface area contributed by atoms with Crippen molar-refractivity contribution in [2.45, 2.75) is 38.0 Å². The highest BCUT2D eigenvalue weighted by molar-refractivity contribution is 6.42. The molecule has 1 N–H and O–H groups in total. The molecule has 0 bridgehead atoms. The van der Waals surface area contributed by atoms with Gasteiger partial charge in [-0.2, -0.15) is 0 Å². The zero-order chi connectivity index (χ0) is 19.1. The predicted octanol–water partition coefficient (Wildman–Crippen LogP) is 7.26. The van der Waals surface area contributed by atoms with E-state index >= 15 is 0 Å². The first kappa shape index (κ1) is 17.8. The summed E-state index contributed by atoms with van der Waals surface area (Å²) in [5.74, 6) is 2.60. The summed E-state index contributed by atoms with van der Waals surface area (Å²) in [6.45, 7) is 0. The van der Waals surface area contributed by atoms with Gasteiger partial charge in [0, 0.05) is 17.4 Å². The molecule has 28 heavy (non-hydrogen) atoms. The lowest BCUT2D eigenvalue weighted by atomic mass is 9.89. The Labute approximate surface area is 172 Å². The van der Waals surface area contributed by atoms with Crippen LogP contribution in [0.3, 0.4) is 0 Å². The van der Waals surface area contributed by atoms with Crippen molar-refractivity contribution in [2.24, 2.45) is 0 Å². The van der Waals surface area contributed by atoms with Crippen LogP contribution in [-0.2, 0) is 0 Å². The van der Waals surface area contributed by atoms with Crippen molar-refractivity contribution >= 4 is 45.1 Å². The number of aromatic nitrogens is 3. The molecule has 0 unspecified atom stereocenters. The first-order valence-corrected chi connectivity index (χ1v) is 10.4. The molecule has 1 aliphatic rings. The Morgan fingerprint density at radius 2 is 1.75 bits per heavy atom. The number of pyridine rings is 1. The average molecular weight is 412 g/mol. The molecule has 6 heteroatoms. The van der Waals surface area contributed by atoms with Crippen molar-refractivity contribution in [3.63, 3.8) is 0 Å². The van der Waals surface area contributed by atoms with Crippen LogP contribution in [0.15, 0.2) is 42.5 Å². The van der Waals surface area contributed by atoms with E-state index in [4.69, 9.17) is 37.9 Å². The number of ether oxygens (including phenoxy) is 1. The van der Waals surface area contributed by atoms with Gasteiger partial charge in [0.1, 0.15) is 22.6 Å². The monoisotopic (exact) mass is 411 g/mol. The van der Waals surface area contributed by atoms with Crippen LogP contribution < -0.4 is 4.74 Å². The molecule has 4 aromatic rings. The third-order valence-corrected chi connectivity index (χ3v) is 6.15. The quantitative estimate of drug-likeness (QED) is 0.385. The SMILES string of the molecule is Clc1ccc(Oc2nc3ccccc3c3nc(C4CCCCC4)[nH]c23)cc1Cl. The Hall–Kier alpha value is -2.30. The van der Waals surface area contributed by atoms with Crippen LogP contribution in [0.1, 0.15) is 43.8 Å². The summed E-state index contributed by atoms with van der Waals surface area (Å²) < 4.78 is 6.11. The maximum absolute atomic E-state index is 6.15. The molecule has 2 aromatic carbocycles. The van der Waals surface area contributed by atoms with Gasteiger partial charge in [0.15, 0.2) is 0 Å². The van der Waals surface area contributed by atoms with E-state index in [1.54, 1.807) is 18.2 Å². The zero-order valence-electron chi connectivity index (χ0n) is 15.2. The van der Waals surface area contributed by atoms with Crippen molar-refractivity contribution in [3.8, 4) is 11.6 Å². The molecular formula is C22H19Cl2N3O. The summed E-state index contributed by atoms with van der Waals surface area (Å²) in [5, 5.41) is 1.97. The average Bonchev–Trinajstić information content (AvgIpc) is 3.18. The van der Waals surface area contributed by atoms with Gasteiger partial charge in [-0.25, -0.2) is 9.97 Å². The van der Waals surface area contributed by atoms with Crippen LogP contribution in [0, 0.1) is 0 Å². The number of nitrogens with one attached hydrogen (secondary N) is 1. The number of benzene rings is 2. The van der Waals surface area contributed by atoms with Gasteiger partial charge < -0.3 is 9.72 Å². The third-order valence-electron chi connectivity index (χ3n) is 5.41. The number of hydrogen-bond donors (Lipinski definition) is 1. The Bertz CT molecular complexity index is 1170. The van der Waals surface area contributed by atoms with Gasteiger partial charge in [-0.05, 0) is 31.0 Å². The number of aromatic amines is 1. The molecule has 5 rings (SSSR count). The van der Waals surface area contributed by atoms with E-state index in [0.29, 0.717) is 27.6 Å². The maximum Gasteiger partial charge on any atom is 0.246 e. The Balaban J connectivity index is 1.65. The van der Waals surface area contributed by atoms with E-state index in [1.165, 1.54) is 32.1 Å². The van der Waals surface area contributed by atoms with Crippen LogP contribution >= 0.6 is 23.2 Å². The topological polar surface area (TPSA) is 50.8 Å². The number of H-pyrrole nitrogens is 1. The minimum Gasteiger partial charge on any atom is -0.437 e. The number of rotatable bonds is 3. The summed E-state index contributed by atoms with van der Waals surface area (Å²) in [6.07, 6.45) is 6.18. The van der Waals surface area contributed by atoms with Crippen LogP contribution in [0.25, 0.3) is 21.9 Å². The first-order valence-electron chi connectivity index (χ1n) is 9.60. The number of nitrogens with zero attached hydrogens (tertiary/aromatic N) is 2. The molecule has 0 atom stereocenters. The van der Waals surface area contributed by atoms with Crippen molar-refractivity contribution < 1.29 is 4.74 Å². The van der Waals surface area contributed by atoms with Crippen LogP contribution in [-0.4, -0.2) is 15.0 Å². The molecule has 142 valence electrons. The van der Waals surface area contributed by atoms with E-state index in [-0.39, 0.29) is 0 Å². The number of hydrogen-bond acceptors (Lipinski definition) is 3. The largest absolute Gasteiger partial charge is 0.437 e. The molecule has 4 nitrogen and oxygen atoms in total. The van der Waals surface area contributed by atoms with E-state index in [9.17, 15) is 0 Å². The second-order valence-corrected chi connectivity index (χ2v) is 8.11. The Morgan fingerprint density at radius 3 is 2.57 bits per heavy atom. The molecule has 2 aromatic heterocycles. The van der Waals surface area contributed by atoms with Gasteiger partial charge in [-0.3, -0.25) is 0 Å². The second-order valence-electron chi connectivity index (χ2n) is 7.29. The second kappa shape index (κ2) is 7.26. The van der Waals surface area contributed by atoms with Gasteiger partial charge in [0.05, 0.1) is 15.6 Å². The van der Waals surface area contributed by atoms with Gasteiger partial charge in [0.2, 0.25) is 5.88 Å². The highest BCUT2D eigenvalue weighted by Gasteiger charge is 2.22. The van der Waals surface area contributed by atoms with Gasteiger partial charge in [0.25, 0.3) is 0 Å². The fourth-order valence-corrected chi connectivity index (χ4v) is 4.26. The van der Waals surface area contributed by atoms with E-state index in [2.05, 4.69) is 11.1 Å². The molecule has 1 saturated carbocycles. The molecule has 1 fully saturated rings. The van der Waals surface area contributed by atoms with Gasteiger partial charge in [-0.1, -0.05) is 60.7 Å². The molecule has 2 heterocycles. The molecule has 0 amide bonds. The first-order chi connectivity index (χ1) is 13.7. The molecule has 0 radical (unpaired) electrons. The van der Waals surface area contributed by atoms with Crippen molar-refractivity contribution in [2.75, 3.05) is 0 Å². The van der Waals surface area contributed by atoms with Crippen LogP contribution in [0.2, 0.25) is 10.0 Å². The fourth-order valence-electron chi connectivity index (χ4n) is 3.97. The predicted molar refractivity (Wildman–Crippen MR) is 114 cm³/mol. The van der Waals surface area contributed by atoms with Crippen LogP contribution in [0.5, 0.6) is 11.6 Å². The van der Waals surface area contributed by atoms with Crippen LogP contribution in [0.4, 0.5) is 0 Å². The highest BCUT2D eigenvalue weighted by atomic mass is 35.5. The van der Waals surface area contributed by atoms with Gasteiger partial charge >= 0.3 is 0 Å². The molecule has 0 saturated heterocycles. The standard InChI is InChI=1S/C22H19Cl2N3O/c23-16-11-10-14(12-17(16)24)28-22-20-19(15-8-4-5-9-18(15)25-22)26-21(27-20)13-6-2-1-3-7-13/h4-5,8-13H,1-3,6-7H2,(H,26,27). The summed E-state index contributed by atoms with van der Waals surface area (Å²) in [5.41, 5.74) is 2.58. The Kier molecular flexibility index (Phi) is 4.61. The van der Waals surface area contributed by atoms with E-state index in [1.807, 2.05) is 18.2 Å². The van der Waals surface area contributed by atoms with Crippen molar-refractivity contribution in [1.82, 2.24) is 15.0 Å². The zero-order valence-corrected chi connectivity index (χ0v) is 16.7. The van der Waals surface area contributed by atoms with E-state index < -0.39 is 0 Å². The minimum atomic E-state index is 0.448. The number of fused-ring (bicyclic) bond motifs is 3. The number of imidazole rings is 1. The van der Waals surface area contributed by atoms with E-state index in [0.717, 1.165) is 27.8 Å².